The van der Waals surface area contributed by atoms with E-state index in [4.69, 9.17) is 0 Å². The zero-order valence-electron chi connectivity index (χ0n) is 12.1. The van der Waals surface area contributed by atoms with Gasteiger partial charge in [0.25, 0.3) is 0 Å². The highest BCUT2D eigenvalue weighted by Gasteiger charge is 2.13. The highest BCUT2D eigenvalue weighted by atomic mass is 19.1. The van der Waals surface area contributed by atoms with Crippen LogP contribution < -0.4 is 5.32 Å². The topological polar surface area (TPSA) is 24.9 Å². The van der Waals surface area contributed by atoms with Crippen LogP contribution >= 0.6 is 0 Å². The van der Waals surface area contributed by atoms with Crippen molar-refractivity contribution in [3.63, 3.8) is 0 Å². The van der Waals surface area contributed by atoms with Crippen molar-refractivity contribution in [3.05, 3.63) is 77.2 Å². The van der Waals surface area contributed by atoms with Gasteiger partial charge in [0.05, 0.1) is 11.6 Å². The van der Waals surface area contributed by atoms with Gasteiger partial charge in [0.15, 0.2) is 0 Å². The van der Waals surface area contributed by atoms with E-state index in [0.717, 1.165) is 22.0 Å². The van der Waals surface area contributed by atoms with Gasteiger partial charge in [-0.3, -0.25) is 4.98 Å². The van der Waals surface area contributed by atoms with Crippen LogP contribution in [0.5, 0.6) is 0 Å². The van der Waals surface area contributed by atoms with Crippen LogP contribution in [-0.2, 0) is 0 Å². The number of pyridine rings is 1. The second-order valence-corrected chi connectivity index (χ2v) is 5.19. The van der Waals surface area contributed by atoms with Crippen molar-refractivity contribution in [1.29, 1.82) is 0 Å². The Morgan fingerprint density at radius 3 is 2.57 bits per heavy atom. The standard InChI is InChI=1S/C18H17FN2/c1-12-10-14(5-7-16(12)19)18(20-2)15-6-8-17-13(11-15)4-3-9-21-17/h3-11,18,20H,1-2H3. The van der Waals surface area contributed by atoms with Gasteiger partial charge in [-0.15, -0.1) is 0 Å². The van der Waals surface area contributed by atoms with Crippen LogP contribution in [0.2, 0.25) is 0 Å². The lowest BCUT2D eigenvalue weighted by Crippen LogP contribution is -2.17. The number of nitrogens with one attached hydrogen (secondary N) is 1. The van der Waals surface area contributed by atoms with Crippen LogP contribution in [0.1, 0.15) is 22.7 Å². The third-order valence-electron chi connectivity index (χ3n) is 3.76. The molecule has 3 heteroatoms. The minimum Gasteiger partial charge on any atom is -0.309 e. The summed E-state index contributed by atoms with van der Waals surface area (Å²) in [4.78, 5) is 4.34. The summed E-state index contributed by atoms with van der Waals surface area (Å²) in [5.74, 6) is -0.170. The highest BCUT2D eigenvalue weighted by Crippen LogP contribution is 2.26. The number of aryl methyl sites for hydroxylation is 1. The van der Waals surface area contributed by atoms with E-state index in [0.29, 0.717) is 5.56 Å². The van der Waals surface area contributed by atoms with Crippen molar-refractivity contribution in [2.24, 2.45) is 0 Å². The Bertz CT molecular complexity index is 783. The van der Waals surface area contributed by atoms with Gasteiger partial charge in [-0.1, -0.05) is 24.3 Å². The van der Waals surface area contributed by atoms with E-state index in [1.807, 2.05) is 31.3 Å². The summed E-state index contributed by atoms with van der Waals surface area (Å²) in [6.07, 6.45) is 1.79. The molecule has 0 aliphatic carbocycles. The minimum atomic E-state index is -0.170. The number of fused-ring (bicyclic) bond motifs is 1. The van der Waals surface area contributed by atoms with E-state index < -0.39 is 0 Å². The first kappa shape index (κ1) is 13.7. The summed E-state index contributed by atoms with van der Waals surface area (Å²) in [6.45, 7) is 1.79. The fraction of sp³-hybridized carbons (Fsp3) is 0.167. The quantitative estimate of drug-likeness (QED) is 0.784. The molecule has 0 amide bonds. The lowest BCUT2D eigenvalue weighted by molar-refractivity contribution is 0.614. The molecule has 1 atom stereocenters. The Hall–Kier alpha value is -2.26. The summed E-state index contributed by atoms with van der Waals surface area (Å²) in [7, 11) is 1.91. The summed E-state index contributed by atoms with van der Waals surface area (Å²) in [5, 5.41) is 4.41. The number of nitrogens with zero attached hydrogens (tertiary/aromatic N) is 1. The molecule has 0 fully saturated rings. The van der Waals surface area contributed by atoms with Gasteiger partial charge in [0.1, 0.15) is 5.82 Å². The maximum Gasteiger partial charge on any atom is 0.126 e. The van der Waals surface area contributed by atoms with Gasteiger partial charge in [0, 0.05) is 11.6 Å². The van der Waals surface area contributed by atoms with Gasteiger partial charge in [0.2, 0.25) is 0 Å². The van der Waals surface area contributed by atoms with Crippen LogP contribution in [0.25, 0.3) is 10.9 Å². The van der Waals surface area contributed by atoms with E-state index in [1.54, 1.807) is 13.1 Å². The molecule has 0 spiro atoms. The van der Waals surface area contributed by atoms with Crippen molar-refractivity contribution < 1.29 is 4.39 Å². The lowest BCUT2D eigenvalue weighted by Gasteiger charge is -2.18. The molecule has 0 aliphatic rings. The van der Waals surface area contributed by atoms with Crippen molar-refractivity contribution >= 4 is 10.9 Å². The van der Waals surface area contributed by atoms with Gasteiger partial charge in [-0.2, -0.15) is 0 Å². The average Bonchev–Trinajstić information content (AvgIpc) is 2.51. The fourth-order valence-electron chi connectivity index (χ4n) is 2.65. The van der Waals surface area contributed by atoms with Crippen LogP contribution in [0.3, 0.4) is 0 Å². The first-order valence-corrected chi connectivity index (χ1v) is 6.97. The molecule has 106 valence electrons. The number of hydrogen-bond donors (Lipinski definition) is 1. The van der Waals surface area contributed by atoms with E-state index in [1.165, 1.54) is 6.07 Å². The molecular weight excluding hydrogens is 263 g/mol. The summed E-state index contributed by atoms with van der Waals surface area (Å²) in [5.41, 5.74) is 3.84. The number of benzene rings is 2. The molecule has 2 aromatic carbocycles. The maximum absolute atomic E-state index is 13.4. The molecule has 0 saturated heterocycles. The number of aromatic nitrogens is 1. The van der Waals surface area contributed by atoms with Crippen LogP contribution in [0.4, 0.5) is 4.39 Å². The minimum absolute atomic E-state index is 0.0360. The van der Waals surface area contributed by atoms with E-state index in [9.17, 15) is 4.39 Å². The largest absolute Gasteiger partial charge is 0.309 e. The molecule has 1 heterocycles. The molecule has 0 saturated carbocycles. The Kier molecular flexibility index (Phi) is 3.67. The molecule has 0 radical (unpaired) electrons. The SMILES string of the molecule is CNC(c1ccc(F)c(C)c1)c1ccc2ncccc2c1. The van der Waals surface area contributed by atoms with Crippen LogP contribution in [0, 0.1) is 12.7 Å². The third kappa shape index (κ3) is 2.65. The van der Waals surface area contributed by atoms with Crippen molar-refractivity contribution in [3.8, 4) is 0 Å². The monoisotopic (exact) mass is 280 g/mol. The Labute approximate surface area is 123 Å². The summed E-state index contributed by atoms with van der Waals surface area (Å²) in [6, 6.07) is 15.5. The highest BCUT2D eigenvalue weighted by molar-refractivity contribution is 5.79. The first-order chi connectivity index (χ1) is 10.2. The summed E-state index contributed by atoms with van der Waals surface area (Å²) >= 11 is 0. The Morgan fingerprint density at radius 2 is 1.81 bits per heavy atom. The molecule has 1 unspecified atom stereocenters. The predicted octanol–water partition coefficient (Wildman–Crippen LogP) is 3.99. The molecule has 21 heavy (non-hydrogen) atoms. The van der Waals surface area contributed by atoms with Crippen LogP contribution in [-0.4, -0.2) is 12.0 Å². The van der Waals surface area contributed by atoms with Gasteiger partial charge in [-0.05, 0) is 54.9 Å². The first-order valence-electron chi connectivity index (χ1n) is 6.97. The summed E-state index contributed by atoms with van der Waals surface area (Å²) < 4.78 is 13.4. The van der Waals surface area contributed by atoms with E-state index >= 15 is 0 Å². The van der Waals surface area contributed by atoms with Gasteiger partial charge in [-0.25, -0.2) is 4.39 Å². The molecular formula is C18H17FN2. The van der Waals surface area contributed by atoms with Gasteiger partial charge >= 0.3 is 0 Å². The average molecular weight is 280 g/mol. The molecule has 0 bridgehead atoms. The predicted molar refractivity (Wildman–Crippen MR) is 83.8 cm³/mol. The maximum atomic E-state index is 13.4. The molecule has 2 nitrogen and oxygen atoms in total. The Morgan fingerprint density at radius 1 is 1.05 bits per heavy atom. The molecule has 1 aromatic heterocycles. The van der Waals surface area contributed by atoms with Gasteiger partial charge < -0.3 is 5.32 Å². The van der Waals surface area contributed by atoms with Crippen LogP contribution in [0.15, 0.2) is 54.7 Å². The Balaban J connectivity index is 2.06. The molecule has 1 N–H and O–H groups in total. The second-order valence-electron chi connectivity index (χ2n) is 5.19. The molecule has 0 aliphatic heterocycles. The van der Waals surface area contributed by atoms with Crippen molar-refractivity contribution in [2.75, 3.05) is 7.05 Å². The van der Waals surface area contributed by atoms with Crippen molar-refractivity contribution in [2.45, 2.75) is 13.0 Å². The second kappa shape index (κ2) is 5.62. The smallest absolute Gasteiger partial charge is 0.126 e. The van der Waals surface area contributed by atoms with E-state index in [2.05, 4.69) is 28.5 Å². The number of rotatable bonds is 3. The third-order valence-corrected chi connectivity index (χ3v) is 3.76. The molecule has 3 aromatic rings. The zero-order chi connectivity index (χ0) is 14.8. The lowest BCUT2D eigenvalue weighted by atomic mass is 9.96. The fourth-order valence-corrected chi connectivity index (χ4v) is 2.65. The number of halogens is 1. The molecule has 3 rings (SSSR count). The number of hydrogen-bond acceptors (Lipinski definition) is 2. The van der Waals surface area contributed by atoms with E-state index in [-0.39, 0.29) is 11.9 Å². The van der Waals surface area contributed by atoms with Crippen molar-refractivity contribution in [1.82, 2.24) is 10.3 Å². The zero-order valence-corrected chi connectivity index (χ0v) is 12.1. The normalized spacial score (nSPS) is 12.5.